The average molecular weight is 562 g/mol. The lowest BCUT2D eigenvalue weighted by Crippen LogP contribution is -2.43. The summed E-state index contributed by atoms with van der Waals surface area (Å²) in [5, 5.41) is 3.61. The summed E-state index contributed by atoms with van der Waals surface area (Å²) >= 11 is 0. The molecule has 0 aromatic carbocycles. The van der Waals surface area contributed by atoms with Gasteiger partial charge in [-0.2, -0.15) is 0 Å². The molecule has 1 aromatic heterocycles. The molecule has 3 saturated heterocycles. The highest BCUT2D eigenvalue weighted by Crippen LogP contribution is 2.18. The number of nitrogens with one attached hydrogen (secondary N) is 1. The highest BCUT2D eigenvalue weighted by Gasteiger charge is 2.27. The van der Waals surface area contributed by atoms with Gasteiger partial charge >= 0.3 is 0 Å². The van der Waals surface area contributed by atoms with E-state index in [0.29, 0.717) is 5.92 Å². The minimum absolute atomic E-state index is 0. The molecule has 3 aliphatic heterocycles. The number of guanidine groups is 1. The summed E-state index contributed by atoms with van der Waals surface area (Å²) in [5.41, 5.74) is 0. The van der Waals surface area contributed by atoms with Crippen molar-refractivity contribution in [1.82, 2.24) is 20.0 Å². The zero-order valence-electron chi connectivity index (χ0n) is 19.3. The van der Waals surface area contributed by atoms with Crippen molar-refractivity contribution in [2.45, 2.75) is 19.3 Å². The number of ether oxygens (including phenoxy) is 2. The largest absolute Gasteiger partial charge is 0.469 e. The molecule has 32 heavy (non-hydrogen) atoms. The molecule has 1 unspecified atom stereocenters. The summed E-state index contributed by atoms with van der Waals surface area (Å²) in [7, 11) is 0. The number of halogens is 1. The van der Waals surface area contributed by atoms with Gasteiger partial charge < -0.3 is 24.1 Å². The number of morpholine rings is 2. The normalized spacial score (nSPS) is 23.3. The minimum atomic E-state index is 0. The summed E-state index contributed by atoms with van der Waals surface area (Å²) in [5.74, 6) is 2.80. The topological polar surface area (TPSA) is 65.7 Å². The van der Waals surface area contributed by atoms with Gasteiger partial charge in [0, 0.05) is 71.9 Å². The molecule has 0 aliphatic carbocycles. The van der Waals surface area contributed by atoms with E-state index in [1.165, 1.54) is 13.0 Å². The van der Waals surface area contributed by atoms with Crippen LogP contribution >= 0.6 is 24.0 Å². The van der Waals surface area contributed by atoms with Gasteiger partial charge in [0.05, 0.1) is 32.7 Å². The van der Waals surface area contributed by atoms with Gasteiger partial charge in [0.15, 0.2) is 5.96 Å². The van der Waals surface area contributed by atoms with Crippen LogP contribution in [0.15, 0.2) is 27.8 Å². The first-order chi connectivity index (χ1) is 15.4. The number of hydrogen-bond acceptors (Lipinski definition) is 6. The van der Waals surface area contributed by atoms with Crippen LogP contribution in [0.2, 0.25) is 0 Å². The number of furan rings is 1. The molecule has 3 fully saturated rings. The van der Waals surface area contributed by atoms with Crippen LogP contribution in [0.1, 0.15) is 18.6 Å². The van der Waals surface area contributed by atoms with Crippen LogP contribution in [0.25, 0.3) is 0 Å². The Kier molecular flexibility index (Phi) is 11.6. The molecule has 4 rings (SSSR count). The lowest BCUT2D eigenvalue weighted by molar-refractivity contribution is 0.0315. The van der Waals surface area contributed by atoms with Crippen LogP contribution in [0.3, 0.4) is 0 Å². The molecular formula is C23H40IN5O3. The molecule has 0 radical (unpaired) electrons. The van der Waals surface area contributed by atoms with Crippen molar-refractivity contribution in [1.29, 1.82) is 0 Å². The minimum Gasteiger partial charge on any atom is -0.469 e. The fraction of sp³-hybridized carbons (Fsp3) is 0.783. The Morgan fingerprint density at radius 3 is 2.50 bits per heavy atom. The van der Waals surface area contributed by atoms with Gasteiger partial charge in [-0.1, -0.05) is 0 Å². The zero-order valence-corrected chi connectivity index (χ0v) is 21.6. The molecule has 9 heteroatoms. The SMILES string of the molecule is I.c1coc(CCNC(=NCCCN2CCOCC2)N2CCC(CN3CCOCC3)C2)c1. The standard InChI is InChI=1S/C23H39N5O3.HI/c1-3-22(31-14-1)4-7-25-23(24-6-2-8-26-10-15-29-16-11-26)28-9-5-21(20-28)19-27-12-17-30-18-13-27;/h1,3,14,21H,2,4-13,15-20H2,(H,24,25);1H. The van der Waals surface area contributed by atoms with Gasteiger partial charge in [-0.25, -0.2) is 0 Å². The lowest BCUT2D eigenvalue weighted by Gasteiger charge is -2.29. The molecule has 3 aliphatic rings. The van der Waals surface area contributed by atoms with E-state index in [9.17, 15) is 0 Å². The van der Waals surface area contributed by atoms with Crippen molar-refractivity contribution < 1.29 is 13.9 Å². The maximum absolute atomic E-state index is 5.50. The third-order valence-electron chi connectivity index (χ3n) is 6.44. The monoisotopic (exact) mass is 561 g/mol. The maximum atomic E-state index is 5.50. The Morgan fingerprint density at radius 2 is 1.78 bits per heavy atom. The average Bonchev–Trinajstić information content (AvgIpc) is 3.49. The number of rotatable bonds is 9. The van der Waals surface area contributed by atoms with Gasteiger partial charge in [-0.15, -0.1) is 24.0 Å². The Balaban J connectivity index is 0.00000289. The number of likely N-dealkylation sites (tertiary alicyclic amines) is 1. The molecule has 8 nitrogen and oxygen atoms in total. The summed E-state index contributed by atoms with van der Waals surface area (Å²) in [6.07, 6.45) is 4.95. The highest BCUT2D eigenvalue weighted by atomic mass is 127. The van der Waals surface area contributed by atoms with E-state index in [2.05, 4.69) is 20.0 Å². The van der Waals surface area contributed by atoms with Crippen molar-refractivity contribution in [3.05, 3.63) is 24.2 Å². The first kappa shape index (κ1) is 25.7. The van der Waals surface area contributed by atoms with Gasteiger partial charge in [0.25, 0.3) is 0 Å². The van der Waals surface area contributed by atoms with Crippen molar-refractivity contribution in [2.75, 3.05) is 91.9 Å². The Labute approximate surface area is 209 Å². The third-order valence-corrected chi connectivity index (χ3v) is 6.44. The van der Waals surface area contributed by atoms with E-state index in [0.717, 1.165) is 110 Å². The molecule has 1 aromatic rings. The van der Waals surface area contributed by atoms with Crippen molar-refractivity contribution in [3.63, 3.8) is 0 Å². The fourth-order valence-corrected chi connectivity index (χ4v) is 4.65. The van der Waals surface area contributed by atoms with Crippen LogP contribution in [0, 0.1) is 5.92 Å². The van der Waals surface area contributed by atoms with Gasteiger partial charge in [-0.05, 0) is 30.9 Å². The quantitative estimate of drug-likeness (QED) is 0.214. The van der Waals surface area contributed by atoms with Crippen LogP contribution in [-0.4, -0.2) is 113 Å². The van der Waals surface area contributed by atoms with Crippen LogP contribution < -0.4 is 5.32 Å². The van der Waals surface area contributed by atoms with Crippen LogP contribution in [0.5, 0.6) is 0 Å². The van der Waals surface area contributed by atoms with E-state index in [1.54, 1.807) is 6.26 Å². The van der Waals surface area contributed by atoms with E-state index in [4.69, 9.17) is 18.9 Å². The Morgan fingerprint density at radius 1 is 1.03 bits per heavy atom. The van der Waals surface area contributed by atoms with Crippen LogP contribution in [0.4, 0.5) is 0 Å². The maximum Gasteiger partial charge on any atom is 0.193 e. The zero-order chi connectivity index (χ0) is 21.1. The number of aliphatic imine (C=N–C) groups is 1. The summed E-state index contributed by atoms with van der Waals surface area (Å²) in [6, 6.07) is 3.99. The van der Waals surface area contributed by atoms with Crippen molar-refractivity contribution >= 4 is 29.9 Å². The van der Waals surface area contributed by atoms with Gasteiger partial charge in [0.2, 0.25) is 0 Å². The first-order valence-electron chi connectivity index (χ1n) is 12.0. The van der Waals surface area contributed by atoms with Gasteiger partial charge in [0.1, 0.15) is 5.76 Å². The Hall–Kier alpha value is -0.880. The molecule has 0 amide bonds. The van der Waals surface area contributed by atoms with Crippen molar-refractivity contribution in [3.8, 4) is 0 Å². The van der Waals surface area contributed by atoms with Crippen molar-refractivity contribution in [2.24, 2.45) is 10.9 Å². The van der Waals surface area contributed by atoms with E-state index >= 15 is 0 Å². The van der Waals surface area contributed by atoms with Crippen LogP contribution in [-0.2, 0) is 15.9 Å². The number of hydrogen-bond donors (Lipinski definition) is 1. The second-order valence-corrected chi connectivity index (χ2v) is 8.78. The fourth-order valence-electron chi connectivity index (χ4n) is 4.65. The van der Waals surface area contributed by atoms with E-state index in [1.807, 2.05) is 12.1 Å². The predicted molar refractivity (Wildman–Crippen MR) is 137 cm³/mol. The molecular weight excluding hydrogens is 521 g/mol. The second kappa shape index (κ2) is 14.4. The number of nitrogens with zero attached hydrogens (tertiary/aromatic N) is 4. The summed E-state index contributed by atoms with van der Waals surface area (Å²) in [4.78, 5) is 12.5. The molecule has 4 heterocycles. The lowest BCUT2D eigenvalue weighted by atomic mass is 10.1. The highest BCUT2D eigenvalue weighted by molar-refractivity contribution is 14.0. The molecule has 0 saturated carbocycles. The van der Waals surface area contributed by atoms with E-state index in [-0.39, 0.29) is 24.0 Å². The molecule has 1 atom stereocenters. The second-order valence-electron chi connectivity index (χ2n) is 8.78. The summed E-state index contributed by atoms with van der Waals surface area (Å²) in [6.45, 7) is 13.9. The molecule has 0 bridgehead atoms. The Bertz CT molecular complexity index is 648. The summed E-state index contributed by atoms with van der Waals surface area (Å²) < 4.78 is 16.4. The molecule has 182 valence electrons. The van der Waals surface area contributed by atoms with E-state index < -0.39 is 0 Å². The molecule has 0 spiro atoms. The molecule has 1 N–H and O–H groups in total. The smallest absolute Gasteiger partial charge is 0.193 e. The predicted octanol–water partition coefficient (Wildman–Crippen LogP) is 1.76. The van der Waals surface area contributed by atoms with Gasteiger partial charge in [-0.3, -0.25) is 14.8 Å². The third kappa shape index (κ3) is 8.48. The first-order valence-corrected chi connectivity index (χ1v) is 12.0.